The van der Waals surface area contributed by atoms with Crippen molar-refractivity contribution in [1.82, 2.24) is 0 Å². The molecule has 0 fully saturated rings. The molecular weight excluding hydrogens is 232 g/mol. The lowest BCUT2D eigenvalue weighted by Gasteiger charge is -2.20. The normalized spacial score (nSPS) is 12.5. The second-order valence-corrected chi connectivity index (χ2v) is 6.94. The van der Waals surface area contributed by atoms with Gasteiger partial charge in [-0.1, -0.05) is 45.1 Å². The van der Waals surface area contributed by atoms with Crippen LogP contribution in [0.25, 0.3) is 0 Å². The lowest BCUT2D eigenvalue weighted by atomic mass is 10.1. The first-order chi connectivity index (χ1) is 8.24. The van der Waals surface area contributed by atoms with Crippen LogP contribution in [0.2, 0.25) is 0 Å². The summed E-state index contributed by atoms with van der Waals surface area (Å²) < 4.78 is 15.9. The molecule has 0 bridgehead atoms. The van der Waals surface area contributed by atoms with Crippen molar-refractivity contribution in [3.8, 4) is 0 Å². The fourth-order valence-corrected chi connectivity index (χ4v) is 3.09. The molecule has 0 aromatic carbocycles. The molecule has 0 radical (unpaired) electrons. The Bertz CT molecular complexity index is 183. The molecule has 0 amide bonds. The van der Waals surface area contributed by atoms with E-state index in [0.29, 0.717) is 0 Å². The van der Waals surface area contributed by atoms with E-state index in [2.05, 4.69) is 13.0 Å². The summed E-state index contributed by atoms with van der Waals surface area (Å²) >= 11 is 0. The molecule has 0 heterocycles. The van der Waals surface area contributed by atoms with E-state index in [1.54, 1.807) is 21.3 Å². The maximum absolute atomic E-state index is 5.30. The fraction of sp³-hybridized carbons (Fsp3) is 0.846. The summed E-state index contributed by atoms with van der Waals surface area (Å²) in [4.78, 5) is 0. The van der Waals surface area contributed by atoms with E-state index < -0.39 is 8.80 Å². The molecule has 3 nitrogen and oxygen atoms in total. The molecule has 0 aliphatic rings. The van der Waals surface area contributed by atoms with Crippen LogP contribution in [0.3, 0.4) is 0 Å². The van der Waals surface area contributed by atoms with E-state index >= 15 is 0 Å². The molecule has 0 aromatic rings. The topological polar surface area (TPSA) is 27.7 Å². The molecule has 0 saturated heterocycles. The Balaban J connectivity index is 3.64. The summed E-state index contributed by atoms with van der Waals surface area (Å²) in [6.45, 7) is 2.24. The third-order valence-corrected chi connectivity index (χ3v) is 5.25. The first-order valence-electron chi connectivity index (χ1n) is 6.57. The van der Waals surface area contributed by atoms with Gasteiger partial charge >= 0.3 is 8.80 Å². The molecule has 0 saturated carbocycles. The van der Waals surface area contributed by atoms with Crippen LogP contribution >= 0.6 is 0 Å². The minimum absolute atomic E-state index is 1.08. The lowest BCUT2D eigenvalue weighted by molar-refractivity contribution is 0.138. The molecule has 0 unspecified atom stereocenters. The molecule has 0 atom stereocenters. The second-order valence-electron chi connectivity index (χ2n) is 4.17. The van der Waals surface area contributed by atoms with E-state index in [4.69, 9.17) is 13.3 Å². The SMILES string of the molecule is CCCCCCCC/C=C/[Si](OC)(OC)OC. The van der Waals surface area contributed by atoms with Crippen LogP contribution in [0, 0.1) is 0 Å². The first kappa shape index (κ1) is 16.8. The highest BCUT2D eigenvalue weighted by atomic mass is 28.4. The van der Waals surface area contributed by atoms with Crippen molar-refractivity contribution in [2.75, 3.05) is 21.3 Å². The van der Waals surface area contributed by atoms with Gasteiger partial charge in [0.15, 0.2) is 0 Å². The van der Waals surface area contributed by atoms with E-state index in [1.807, 2.05) is 5.70 Å². The molecule has 0 aliphatic heterocycles. The molecule has 0 rings (SSSR count). The Morgan fingerprint density at radius 3 is 1.88 bits per heavy atom. The van der Waals surface area contributed by atoms with Gasteiger partial charge in [0.05, 0.1) is 0 Å². The predicted molar refractivity (Wildman–Crippen MR) is 73.9 cm³/mol. The molecule has 102 valence electrons. The number of rotatable bonds is 11. The minimum Gasteiger partial charge on any atom is -0.374 e. The van der Waals surface area contributed by atoms with Crippen molar-refractivity contribution in [2.45, 2.75) is 51.9 Å². The number of unbranched alkanes of at least 4 members (excludes halogenated alkanes) is 6. The van der Waals surface area contributed by atoms with Crippen molar-refractivity contribution < 1.29 is 13.3 Å². The third kappa shape index (κ3) is 7.71. The highest BCUT2D eigenvalue weighted by molar-refractivity contribution is 6.66. The molecular formula is C13H28O3Si. The monoisotopic (exact) mass is 260 g/mol. The fourth-order valence-electron chi connectivity index (χ4n) is 1.72. The van der Waals surface area contributed by atoms with Crippen molar-refractivity contribution in [1.29, 1.82) is 0 Å². The maximum atomic E-state index is 5.30. The first-order valence-corrected chi connectivity index (χ1v) is 8.38. The van der Waals surface area contributed by atoms with E-state index in [9.17, 15) is 0 Å². The summed E-state index contributed by atoms with van der Waals surface area (Å²) in [6, 6.07) is 0. The summed E-state index contributed by atoms with van der Waals surface area (Å²) in [7, 11) is 2.42. The molecule has 0 aromatic heterocycles. The number of hydrogen-bond acceptors (Lipinski definition) is 3. The minimum atomic E-state index is -2.48. The highest BCUT2D eigenvalue weighted by Crippen LogP contribution is 2.11. The van der Waals surface area contributed by atoms with Gasteiger partial charge in [-0.15, -0.1) is 0 Å². The Morgan fingerprint density at radius 2 is 1.35 bits per heavy atom. The van der Waals surface area contributed by atoms with E-state index in [-0.39, 0.29) is 0 Å². The van der Waals surface area contributed by atoms with Crippen molar-refractivity contribution in [2.24, 2.45) is 0 Å². The van der Waals surface area contributed by atoms with E-state index in [1.165, 1.54) is 38.5 Å². The molecule has 0 spiro atoms. The van der Waals surface area contributed by atoms with Crippen LogP contribution in [-0.2, 0) is 13.3 Å². The zero-order valence-corrected chi connectivity index (χ0v) is 12.8. The van der Waals surface area contributed by atoms with Crippen LogP contribution in [0.4, 0.5) is 0 Å². The number of hydrogen-bond donors (Lipinski definition) is 0. The third-order valence-electron chi connectivity index (χ3n) is 2.90. The summed E-state index contributed by atoms with van der Waals surface area (Å²) in [5, 5.41) is 0. The zero-order valence-electron chi connectivity index (χ0n) is 11.8. The van der Waals surface area contributed by atoms with Gasteiger partial charge in [-0.05, 0) is 18.5 Å². The van der Waals surface area contributed by atoms with Crippen LogP contribution in [0.15, 0.2) is 11.8 Å². The Morgan fingerprint density at radius 1 is 0.824 bits per heavy atom. The van der Waals surface area contributed by atoms with Crippen molar-refractivity contribution >= 4 is 8.80 Å². The highest BCUT2D eigenvalue weighted by Gasteiger charge is 2.33. The molecule has 17 heavy (non-hydrogen) atoms. The van der Waals surface area contributed by atoms with Gasteiger partial charge in [-0.25, -0.2) is 0 Å². The maximum Gasteiger partial charge on any atom is 0.528 e. The van der Waals surface area contributed by atoms with Gasteiger partial charge in [-0.2, -0.15) is 0 Å². The Labute approximate surface area is 108 Å². The Kier molecular flexibility index (Phi) is 10.9. The van der Waals surface area contributed by atoms with Gasteiger partial charge in [0, 0.05) is 21.3 Å². The van der Waals surface area contributed by atoms with Crippen molar-refractivity contribution in [3.05, 3.63) is 11.8 Å². The average molecular weight is 260 g/mol. The van der Waals surface area contributed by atoms with E-state index in [0.717, 1.165) is 6.42 Å². The Hall–Kier alpha value is -0.163. The van der Waals surface area contributed by atoms with Crippen molar-refractivity contribution in [3.63, 3.8) is 0 Å². The van der Waals surface area contributed by atoms with Crippen LogP contribution in [0.5, 0.6) is 0 Å². The average Bonchev–Trinajstić information content (AvgIpc) is 2.38. The van der Waals surface area contributed by atoms with Gasteiger partial charge < -0.3 is 13.3 Å². The molecule has 0 N–H and O–H groups in total. The lowest BCUT2D eigenvalue weighted by Crippen LogP contribution is -2.40. The summed E-state index contributed by atoms with van der Waals surface area (Å²) in [5.41, 5.74) is 1.97. The van der Waals surface area contributed by atoms with Crippen LogP contribution < -0.4 is 0 Å². The smallest absolute Gasteiger partial charge is 0.374 e. The number of allylic oxidation sites excluding steroid dienone is 1. The molecule has 0 aliphatic carbocycles. The summed E-state index contributed by atoms with van der Waals surface area (Å²) in [5.74, 6) is 0. The standard InChI is InChI=1S/C13H28O3Si/c1-5-6-7-8-9-10-11-12-13-17(14-2,15-3)16-4/h12-13H,5-11H2,1-4H3/b13-12+. The quantitative estimate of drug-likeness (QED) is 0.419. The van der Waals surface area contributed by atoms with Gasteiger partial charge in [0.1, 0.15) is 0 Å². The van der Waals surface area contributed by atoms with Crippen LogP contribution in [0.1, 0.15) is 51.9 Å². The van der Waals surface area contributed by atoms with Gasteiger partial charge in [0.25, 0.3) is 0 Å². The zero-order chi connectivity index (χ0) is 13.0. The van der Waals surface area contributed by atoms with Gasteiger partial charge in [-0.3, -0.25) is 0 Å². The summed E-state index contributed by atoms with van der Waals surface area (Å²) in [6.07, 6.45) is 11.1. The van der Waals surface area contributed by atoms with Gasteiger partial charge in [0.2, 0.25) is 0 Å². The predicted octanol–water partition coefficient (Wildman–Crippen LogP) is 3.71. The molecule has 4 heteroatoms. The second kappa shape index (κ2) is 11.0. The largest absolute Gasteiger partial charge is 0.528 e. The van der Waals surface area contributed by atoms with Crippen LogP contribution in [-0.4, -0.2) is 30.1 Å².